The quantitative estimate of drug-likeness (QED) is 0.815. The lowest BCUT2D eigenvalue weighted by atomic mass is 10.1. The fraction of sp³-hybridized carbons (Fsp3) is 0.333. The van der Waals surface area contributed by atoms with E-state index in [9.17, 15) is 4.57 Å². The Hall–Kier alpha value is -0.340. The summed E-state index contributed by atoms with van der Waals surface area (Å²) in [5, 5.41) is 0. The Morgan fingerprint density at radius 1 is 1.43 bits per heavy atom. The molecule has 0 aliphatic heterocycles. The van der Waals surface area contributed by atoms with Gasteiger partial charge in [0.2, 0.25) is 0 Å². The van der Waals surface area contributed by atoms with Gasteiger partial charge in [-0.15, -0.1) is 0 Å². The van der Waals surface area contributed by atoms with Gasteiger partial charge in [0.1, 0.15) is 0 Å². The van der Waals surface area contributed by atoms with Crippen LogP contribution in [0, 0.1) is 6.92 Å². The fourth-order valence-corrected chi connectivity index (χ4v) is 1.55. The molecule has 1 aromatic rings. The minimum Gasteiger partial charge on any atom is -0.313 e. The van der Waals surface area contributed by atoms with E-state index < -0.39 is 6.95 Å². The summed E-state index contributed by atoms with van der Waals surface area (Å²) in [5.74, 6) is 0. The molecule has 78 valence electrons. The zero-order chi connectivity index (χ0) is 10.6. The van der Waals surface area contributed by atoms with Crippen LogP contribution in [0.25, 0.3) is 0 Å². The molecule has 0 saturated carbocycles. The van der Waals surface area contributed by atoms with Crippen LogP contribution in [0.5, 0.6) is 0 Å². The first kappa shape index (κ1) is 11.7. The zero-order valence-electron chi connectivity index (χ0n) is 7.81. The summed E-state index contributed by atoms with van der Waals surface area (Å²) in [5.41, 5.74) is 2.24. The molecule has 0 amide bonds. The molecule has 3 nitrogen and oxygen atoms in total. The van der Waals surface area contributed by atoms with Crippen molar-refractivity contribution in [2.24, 2.45) is 0 Å². The molecular weight excluding hydrogens is 223 g/mol. The van der Waals surface area contributed by atoms with Crippen LogP contribution in [-0.4, -0.2) is 11.5 Å². The lowest BCUT2D eigenvalue weighted by Crippen LogP contribution is -1.94. The van der Waals surface area contributed by atoms with Crippen LogP contribution < -0.4 is 0 Å². The largest absolute Gasteiger partial charge is 0.421 e. The number of benzene rings is 1. The highest BCUT2D eigenvalue weighted by atomic mass is 35.7. The van der Waals surface area contributed by atoms with Gasteiger partial charge < -0.3 is 4.89 Å². The normalized spacial score (nSPS) is 15.1. The van der Waals surface area contributed by atoms with Gasteiger partial charge in [0.25, 0.3) is 0 Å². The van der Waals surface area contributed by atoms with E-state index in [1.54, 1.807) is 0 Å². The summed E-state index contributed by atoms with van der Waals surface area (Å²) >= 11 is 5.01. The Bertz CT molecular complexity index is 330. The maximum absolute atomic E-state index is 10.6. The number of rotatable bonds is 4. The first-order chi connectivity index (χ1) is 6.47. The number of halogens is 1. The highest BCUT2D eigenvalue weighted by Crippen LogP contribution is 2.47. The first-order valence-electron chi connectivity index (χ1n) is 4.20. The first-order valence-corrected chi connectivity index (χ1v) is 6.68. The zero-order valence-corrected chi connectivity index (χ0v) is 9.46. The van der Waals surface area contributed by atoms with Crippen molar-refractivity contribution in [1.82, 2.24) is 0 Å². The molecule has 0 saturated heterocycles. The molecule has 14 heavy (non-hydrogen) atoms. The van der Waals surface area contributed by atoms with Gasteiger partial charge in [-0.1, -0.05) is 29.8 Å². The predicted molar refractivity (Wildman–Crippen MR) is 56.5 cm³/mol. The Morgan fingerprint density at radius 3 is 2.50 bits per heavy atom. The summed E-state index contributed by atoms with van der Waals surface area (Å²) in [6, 6.07) is 7.87. The van der Waals surface area contributed by atoms with Crippen molar-refractivity contribution < 1.29 is 14.0 Å². The highest BCUT2D eigenvalue weighted by molar-refractivity contribution is 7.80. The average Bonchev–Trinajstić information content (AvgIpc) is 2.06. The van der Waals surface area contributed by atoms with Crippen LogP contribution in [-0.2, 0) is 15.5 Å². The highest BCUT2D eigenvalue weighted by Gasteiger charge is 2.12. The van der Waals surface area contributed by atoms with Crippen molar-refractivity contribution in [1.29, 1.82) is 0 Å². The second-order valence-electron chi connectivity index (χ2n) is 3.02. The van der Waals surface area contributed by atoms with Gasteiger partial charge in [0.15, 0.2) is 0 Å². The summed E-state index contributed by atoms with van der Waals surface area (Å²) in [6.07, 6.45) is 0.581. The Balaban J connectivity index is 2.39. The molecule has 0 heterocycles. The number of hydrogen-bond donors (Lipinski definition) is 1. The van der Waals surface area contributed by atoms with Crippen molar-refractivity contribution in [2.45, 2.75) is 13.3 Å². The molecule has 0 spiro atoms. The maximum atomic E-state index is 10.6. The van der Waals surface area contributed by atoms with Crippen LogP contribution in [0.1, 0.15) is 11.1 Å². The monoisotopic (exact) mass is 234 g/mol. The van der Waals surface area contributed by atoms with E-state index in [4.69, 9.17) is 16.1 Å². The summed E-state index contributed by atoms with van der Waals surface area (Å²) in [7, 11) is 0. The van der Waals surface area contributed by atoms with Gasteiger partial charge in [-0.05, 0) is 18.9 Å². The third-order valence-electron chi connectivity index (χ3n) is 1.76. The average molecular weight is 235 g/mol. The van der Waals surface area contributed by atoms with Gasteiger partial charge in [-0.2, -0.15) is 0 Å². The molecule has 0 radical (unpaired) electrons. The van der Waals surface area contributed by atoms with Gasteiger partial charge in [0.05, 0.1) is 6.61 Å². The Kier molecular flexibility index (Phi) is 4.14. The fourth-order valence-electron chi connectivity index (χ4n) is 1.03. The second kappa shape index (κ2) is 4.94. The molecule has 1 atom stereocenters. The molecule has 0 aliphatic rings. The van der Waals surface area contributed by atoms with E-state index in [0.29, 0.717) is 6.42 Å². The maximum Gasteiger partial charge on any atom is 0.421 e. The SMILES string of the molecule is Cc1ccc(CCOP(=O)(O)Cl)cc1. The van der Waals surface area contributed by atoms with Crippen molar-refractivity contribution in [3.05, 3.63) is 35.4 Å². The standard InChI is InChI=1S/C9H12ClO3P/c1-8-2-4-9(5-3-8)6-7-13-14(10,11)12/h2-5H,6-7H2,1H3,(H,11,12). The van der Waals surface area contributed by atoms with Gasteiger partial charge >= 0.3 is 6.95 Å². The van der Waals surface area contributed by atoms with Crippen LogP contribution in [0.3, 0.4) is 0 Å². The van der Waals surface area contributed by atoms with E-state index in [0.717, 1.165) is 5.56 Å². The predicted octanol–water partition coefficient (Wildman–Crippen LogP) is 2.89. The molecule has 1 aromatic carbocycles. The molecule has 0 aromatic heterocycles. The van der Waals surface area contributed by atoms with Crippen molar-refractivity contribution in [3.63, 3.8) is 0 Å². The third kappa shape index (κ3) is 4.77. The molecular formula is C9H12ClO3P. The lowest BCUT2D eigenvalue weighted by molar-refractivity contribution is 0.278. The molecule has 5 heteroatoms. The summed E-state index contributed by atoms with van der Waals surface area (Å²) < 4.78 is 15.1. The third-order valence-corrected chi connectivity index (χ3v) is 2.56. The molecule has 1 rings (SSSR count). The van der Waals surface area contributed by atoms with E-state index in [-0.39, 0.29) is 6.61 Å². The second-order valence-corrected chi connectivity index (χ2v) is 5.46. The van der Waals surface area contributed by atoms with Crippen LogP contribution in [0.15, 0.2) is 24.3 Å². The molecule has 1 unspecified atom stereocenters. The summed E-state index contributed by atoms with van der Waals surface area (Å²) in [6.45, 7) is -1.69. The van der Waals surface area contributed by atoms with E-state index >= 15 is 0 Å². The number of aryl methyl sites for hydroxylation is 1. The topological polar surface area (TPSA) is 46.5 Å². The van der Waals surface area contributed by atoms with E-state index in [1.807, 2.05) is 31.2 Å². The summed E-state index contributed by atoms with van der Waals surface area (Å²) in [4.78, 5) is 8.64. The molecule has 1 N–H and O–H groups in total. The minimum absolute atomic E-state index is 0.153. The van der Waals surface area contributed by atoms with Crippen LogP contribution in [0.4, 0.5) is 0 Å². The van der Waals surface area contributed by atoms with Crippen molar-refractivity contribution in [2.75, 3.05) is 6.61 Å². The van der Waals surface area contributed by atoms with E-state index in [2.05, 4.69) is 4.52 Å². The molecule has 0 bridgehead atoms. The van der Waals surface area contributed by atoms with Gasteiger partial charge in [0, 0.05) is 11.2 Å². The molecule has 0 fully saturated rings. The van der Waals surface area contributed by atoms with Crippen molar-refractivity contribution >= 4 is 18.2 Å². The van der Waals surface area contributed by atoms with E-state index in [1.165, 1.54) is 5.56 Å². The van der Waals surface area contributed by atoms with Gasteiger partial charge in [-0.3, -0.25) is 4.52 Å². The minimum atomic E-state index is -3.84. The van der Waals surface area contributed by atoms with Crippen molar-refractivity contribution in [3.8, 4) is 0 Å². The van der Waals surface area contributed by atoms with Crippen LogP contribution >= 0.6 is 18.2 Å². The Labute approximate surface area is 88.0 Å². The number of hydrogen-bond acceptors (Lipinski definition) is 2. The van der Waals surface area contributed by atoms with Gasteiger partial charge in [-0.25, -0.2) is 4.57 Å². The van der Waals surface area contributed by atoms with Crippen LogP contribution in [0.2, 0.25) is 0 Å². The smallest absolute Gasteiger partial charge is 0.313 e. The Morgan fingerprint density at radius 2 is 2.00 bits per heavy atom. The lowest BCUT2D eigenvalue weighted by Gasteiger charge is -2.04. The molecule has 0 aliphatic carbocycles.